The third kappa shape index (κ3) is 5.35. The minimum Gasteiger partial charge on any atom is -0.311 e. The van der Waals surface area contributed by atoms with Gasteiger partial charge in [0.2, 0.25) is 0 Å². The molecule has 4 heteroatoms. The van der Waals surface area contributed by atoms with Crippen LogP contribution in [0.15, 0.2) is 91.0 Å². The summed E-state index contributed by atoms with van der Waals surface area (Å²) in [5.41, 5.74) is 19.9. The Labute approximate surface area is 352 Å². The van der Waals surface area contributed by atoms with Crippen molar-refractivity contribution in [3.8, 4) is 0 Å². The molecule has 10 rings (SSSR count). The molecule has 4 aliphatic rings. The number of rotatable bonds is 2. The second-order valence-electron chi connectivity index (χ2n) is 23.0. The second kappa shape index (κ2) is 11.7. The number of thiophene rings is 1. The summed E-state index contributed by atoms with van der Waals surface area (Å²) in [5.74, 6) is 0. The minimum atomic E-state index is 0.0401. The number of hydrogen-bond acceptors (Lipinski definition) is 3. The van der Waals surface area contributed by atoms with Crippen LogP contribution >= 0.6 is 11.3 Å². The molecule has 0 fully saturated rings. The van der Waals surface area contributed by atoms with Gasteiger partial charge in [0.15, 0.2) is 0 Å². The van der Waals surface area contributed by atoms with E-state index in [-0.39, 0.29) is 39.2 Å². The van der Waals surface area contributed by atoms with Crippen molar-refractivity contribution in [2.24, 2.45) is 0 Å². The van der Waals surface area contributed by atoms with Gasteiger partial charge in [-0.25, -0.2) is 0 Å². The number of benzene rings is 5. The van der Waals surface area contributed by atoms with Gasteiger partial charge in [-0.1, -0.05) is 133 Å². The summed E-state index contributed by atoms with van der Waals surface area (Å²) in [6, 6.07) is 36.6. The molecule has 6 aromatic rings. The lowest BCUT2D eigenvalue weighted by molar-refractivity contribution is 0.403. The van der Waals surface area contributed by atoms with Crippen LogP contribution in [0.4, 0.5) is 34.1 Å². The molecule has 0 bridgehead atoms. The van der Waals surface area contributed by atoms with Crippen molar-refractivity contribution in [2.75, 3.05) is 9.80 Å². The number of hydrogen-bond donors (Lipinski definition) is 0. The fourth-order valence-corrected chi connectivity index (χ4v) is 13.4. The maximum absolute atomic E-state index is 2.67. The SMILES string of the molecule is CC(C)(C)c1ccc(N2c3cccc4c3B(c3cc5c(cc3N4c3ccc4c(c3)C(C)(C)CC4(C)C)C(C)(C)CC5(C)C)c3sc4ccc(C(C)(C)C)cc4c32)cc1. The van der Waals surface area contributed by atoms with Crippen molar-refractivity contribution < 1.29 is 0 Å². The van der Waals surface area contributed by atoms with Crippen molar-refractivity contribution >= 4 is 78.0 Å². The molecule has 2 aliphatic carbocycles. The fraction of sp³-hybridized carbons (Fsp3) is 0.407. The van der Waals surface area contributed by atoms with Crippen molar-refractivity contribution in [1.82, 2.24) is 0 Å². The summed E-state index contributed by atoms with van der Waals surface area (Å²) < 4.78 is 2.81. The Morgan fingerprint density at radius 3 is 1.67 bits per heavy atom. The Kier molecular flexibility index (Phi) is 7.67. The first-order chi connectivity index (χ1) is 27.0. The molecule has 0 amide bonds. The molecule has 0 saturated heterocycles. The van der Waals surface area contributed by atoms with Gasteiger partial charge < -0.3 is 9.80 Å². The molecular weight excluding hydrogens is 719 g/mol. The lowest BCUT2D eigenvalue weighted by atomic mass is 9.36. The lowest BCUT2D eigenvalue weighted by Crippen LogP contribution is -2.60. The van der Waals surface area contributed by atoms with Gasteiger partial charge in [-0.05, 0) is 144 Å². The molecule has 0 saturated carbocycles. The number of nitrogens with zero attached hydrogens (tertiary/aromatic N) is 2. The van der Waals surface area contributed by atoms with Crippen LogP contribution in [0.25, 0.3) is 10.1 Å². The van der Waals surface area contributed by atoms with Crippen molar-refractivity contribution in [3.05, 3.63) is 124 Å². The van der Waals surface area contributed by atoms with Gasteiger partial charge in [-0.2, -0.15) is 0 Å². The summed E-state index contributed by atoms with van der Waals surface area (Å²) in [6.45, 7) is 33.7. The van der Waals surface area contributed by atoms with Crippen LogP contribution in [-0.4, -0.2) is 6.71 Å². The van der Waals surface area contributed by atoms with Crippen LogP contribution in [0.3, 0.4) is 0 Å². The van der Waals surface area contributed by atoms with E-state index in [0.717, 1.165) is 12.8 Å². The normalized spacial score (nSPS) is 19.2. The zero-order valence-electron chi connectivity index (χ0n) is 37.5. The van der Waals surface area contributed by atoms with E-state index in [9.17, 15) is 0 Å². The van der Waals surface area contributed by atoms with Crippen molar-refractivity contribution in [2.45, 2.75) is 142 Å². The quantitative estimate of drug-likeness (QED) is 0.161. The molecule has 296 valence electrons. The van der Waals surface area contributed by atoms with E-state index >= 15 is 0 Å². The summed E-state index contributed by atoms with van der Waals surface area (Å²) in [4.78, 5) is 5.28. The average Bonchev–Trinajstić information content (AvgIpc) is 3.66. The van der Waals surface area contributed by atoms with Gasteiger partial charge in [0, 0.05) is 43.3 Å². The van der Waals surface area contributed by atoms with Crippen LogP contribution in [0.2, 0.25) is 0 Å². The lowest BCUT2D eigenvalue weighted by Gasteiger charge is -2.44. The number of anilines is 6. The predicted octanol–water partition coefficient (Wildman–Crippen LogP) is 13.5. The third-order valence-corrected chi connectivity index (χ3v) is 15.8. The van der Waals surface area contributed by atoms with E-state index in [2.05, 4.69) is 198 Å². The highest BCUT2D eigenvalue weighted by Gasteiger charge is 2.49. The van der Waals surface area contributed by atoms with Crippen molar-refractivity contribution in [1.29, 1.82) is 0 Å². The highest BCUT2D eigenvalue weighted by molar-refractivity contribution is 7.33. The Morgan fingerprint density at radius 2 is 1.05 bits per heavy atom. The molecule has 1 aromatic heterocycles. The van der Waals surface area contributed by atoms with Gasteiger partial charge in [0.25, 0.3) is 6.71 Å². The third-order valence-electron chi connectivity index (χ3n) is 14.5. The maximum Gasteiger partial charge on any atom is 0.264 e. The van der Waals surface area contributed by atoms with E-state index in [4.69, 9.17) is 0 Å². The smallest absolute Gasteiger partial charge is 0.264 e. The standard InChI is InChI=1S/C54H61BN2S/c1-49(2,3)32-18-21-34(22-19-32)57-43-17-15-16-42-46(43)55(48-47(57)36-26-33(50(4,5)6)20-25-45(36)58-48)41-28-39-40(54(13,14)31-53(39,11)12)29-44(41)56(42)35-23-24-37-38(27-35)52(9,10)30-51(37,7)8/h15-29H,30-31H2,1-14H3. The van der Waals surface area contributed by atoms with Gasteiger partial charge in [0.05, 0.1) is 5.69 Å². The molecule has 2 nitrogen and oxygen atoms in total. The Hall–Kier alpha value is -4.28. The molecule has 5 aromatic carbocycles. The molecular formula is C54H61BN2S. The van der Waals surface area contributed by atoms with Crippen LogP contribution in [0, 0.1) is 0 Å². The van der Waals surface area contributed by atoms with E-state index in [1.807, 2.05) is 11.3 Å². The summed E-state index contributed by atoms with van der Waals surface area (Å²) in [6.07, 6.45) is 2.30. The maximum atomic E-state index is 2.67. The molecule has 0 spiro atoms. The second-order valence-corrected chi connectivity index (χ2v) is 24.0. The zero-order chi connectivity index (χ0) is 41.3. The number of fused-ring (bicyclic) bond motifs is 8. The summed E-state index contributed by atoms with van der Waals surface area (Å²) in [5, 5.41) is 1.36. The molecule has 2 aliphatic heterocycles. The van der Waals surface area contributed by atoms with E-state index in [0.29, 0.717) is 0 Å². The molecule has 0 atom stereocenters. The summed E-state index contributed by atoms with van der Waals surface area (Å²) in [7, 11) is 0. The van der Waals surface area contributed by atoms with Crippen LogP contribution < -0.4 is 25.5 Å². The Bertz CT molecular complexity index is 2710. The van der Waals surface area contributed by atoms with E-state index in [1.165, 1.54) is 93.3 Å². The average molecular weight is 781 g/mol. The van der Waals surface area contributed by atoms with Gasteiger partial charge in [-0.3, -0.25) is 0 Å². The zero-order valence-corrected chi connectivity index (χ0v) is 38.3. The molecule has 0 radical (unpaired) electrons. The highest BCUT2D eigenvalue weighted by Crippen LogP contribution is 2.55. The molecule has 58 heavy (non-hydrogen) atoms. The van der Waals surface area contributed by atoms with Crippen LogP contribution in [-0.2, 0) is 32.5 Å². The van der Waals surface area contributed by atoms with Gasteiger partial charge in [-0.15, -0.1) is 11.3 Å². The van der Waals surface area contributed by atoms with E-state index in [1.54, 1.807) is 0 Å². The minimum absolute atomic E-state index is 0.0401. The van der Waals surface area contributed by atoms with Crippen molar-refractivity contribution in [3.63, 3.8) is 0 Å². The van der Waals surface area contributed by atoms with Crippen LogP contribution in [0.5, 0.6) is 0 Å². The molecule has 3 heterocycles. The summed E-state index contributed by atoms with van der Waals surface area (Å²) >= 11 is 2.01. The first-order valence-electron chi connectivity index (χ1n) is 21.7. The Morgan fingerprint density at radius 1 is 0.517 bits per heavy atom. The van der Waals surface area contributed by atoms with Gasteiger partial charge in [0.1, 0.15) is 0 Å². The monoisotopic (exact) mass is 780 g/mol. The molecule has 0 unspecified atom stereocenters. The fourth-order valence-electron chi connectivity index (χ4n) is 12.1. The first kappa shape index (κ1) is 38.0. The highest BCUT2D eigenvalue weighted by atomic mass is 32.1. The molecule has 0 N–H and O–H groups in total. The Balaban J connectivity index is 1.31. The topological polar surface area (TPSA) is 6.48 Å². The largest absolute Gasteiger partial charge is 0.311 e. The van der Waals surface area contributed by atoms with E-state index < -0.39 is 0 Å². The van der Waals surface area contributed by atoms with Gasteiger partial charge >= 0.3 is 0 Å². The van der Waals surface area contributed by atoms with Crippen LogP contribution in [0.1, 0.15) is 143 Å². The predicted molar refractivity (Wildman–Crippen MR) is 255 cm³/mol. The first-order valence-corrected chi connectivity index (χ1v) is 22.5.